The highest BCUT2D eigenvalue weighted by molar-refractivity contribution is 7.11. The molecule has 1 amide bonds. The molecule has 0 bridgehead atoms. The van der Waals surface area contributed by atoms with Gasteiger partial charge in [-0.05, 0) is 38.1 Å². The van der Waals surface area contributed by atoms with Gasteiger partial charge in [-0.3, -0.25) is 4.79 Å². The molecule has 0 radical (unpaired) electrons. The average molecular weight is 290 g/mol. The number of aromatic nitrogens is 1. The maximum absolute atomic E-state index is 12.1. The Morgan fingerprint density at radius 2 is 2.20 bits per heavy atom. The first-order valence-electron chi connectivity index (χ1n) is 6.38. The number of hydrogen-bond donors (Lipinski definition) is 3. The van der Waals surface area contributed by atoms with Gasteiger partial charge in [0.2, 0.25) is 0 Å². The van der Waals surface area contributed by atoms with E-state index in [-0.39, 0.29) is 11.9 Å². The van der Waals surface area contributed by atoms with Crippen molar-refractivity contribution < 1.29 is 4.79 Å². The molecule has 0 saturated heterocycles. The Hall–Kier alpha value is -1.92. The number of hydrogen-bond acceptors (Lipinski definition) is 5. The quantitative estimate of drug-likeness (QED) is 0.582. The summed E-state index contributed by atoms with van der Waals surface area (Å²) in [6.07, 6.45) is 0.819. The average Bonchev–Trinajstić information content (AvgIpc) is 2.83. The first kappa shape index (κ1) is 14.5. The van der Waals surface area contributed by atoms with E-state index in [9.17, 15) is 4.79 Å². The molecule has 20 heavy (non-hydrogen) atoms. The lowest BCUT2D eigenvalue weighted by Gasteiger charge is -2.13. The third-order valence-corrected chi connectivity index (χ3v) is 3.83. The Morgan fingerprint density at radius 1 is 1.40 bits per heavy atom. The molecule has 1 atom stereocenters. The van der Waals surface area contributed by atoms with Crippen molar-refractivity contribution in [1.29, 1.82) is 0 Å². The highest BCUT2D eigenvalue weighted by Crippen LogP contribution is 2.16. The van der Waals surface area contributed by atoms with E-state index in [2.05, 4.69) is 34.8 Å². The molecular weight excluding hydrogens is 272 g/mol. The van der Waals surface area contributed by atoms with Crippen LogP contribution in [0.25, 0.3) is 0 Å². The molecule has 2 aromatic heterocycles. The maximum Gasteiger partial charge on any atom is 0.270 e. The van der Waals surface area contributed by atoms with Gasteiger partial charge in [0.1, 0.15) is 11.5 Å². The van der Waals surface area contributed by atoms with Crippen LogP contribution in [-0.4, -0.2) is 16.9 Å². The van der Waals surface area contributed by atoms with Crippen LogP contribution in [0.4, 0.5) is 5.82 Å². The highest BCUT2D eigenvalue weighted by Gasteiger charge is 2.12. The highest BCUT2D eigenvalue weighted by atomic mass is 32.1. The minimum atomic E-state index is -0.192. The van der Waals surface area contributed by atoms with Crippen molar-refractivity contribution >= 4 is 23.1 Å². The third-order valence-electron chi connectivity index (χ3n) is 2.81. The Balaban J connectivity index is 1.96. The lowest BCUT2D eigenvalue weighted by molar-refractivity contribution is 0.0935. The summed E-state index contributed by atoms with van der Waals surface area (Å²) in [5, 5.41) is 2.94. The standard InChI is InChI=1S/C14H18N4OS/c1-9(8-11-7-6-10(2)20-11)16-14(19)12-4-3-5-13(17-12)18-15/h3-7,9H,8,15H2,1-2H3,(H,16,19)(H,17,18). The first-order valence-corrected chi connectivity index (χ1v) is 7.20. The zero-order chi connectivity index (χ0) is 14.5. The van der Waals surface area contributed by atoms with Gasteiger partial charge in [0, 0.05) is 22.2 Å². The molecule has 0 aliphatic rings. The van der Waals surface area contributed by atoms with Crippen molar-refractivity contribution in [2.24, 2.45) is 5.84 Å². The van der Waals surface area contributed by atoms with Crippen LogP contribution in [0.15, 0.2) is 30.3 Å². The molecule has 0 aromatic carbocycles. The van der Waals surface area contributed by atoms with Gasteiger partial charge in [0.15, 0.2) is 0 Å². The van der Waals surface area contributed by atoms with E-state index in [1.54, 1.807) is 29.5 Å². The molecule has 0 spiro atoms. The van der Waals surface area contributed by atoms with Crippen LogP contribution < -0.4 is 16.6 Å². The van der Waals surface area contributed by atoms with Gasteiger partial charge < -0.3 is 10.7 Å². The van der Waals surface area contributed by atoms with E-state index in [0.29, 0.717) is 11.5 Å². The van der Waals surface area contributed by atoms with Gasteiger partial charge in [-0.15, -0.1) is 11.3 Å². The molecule has 6 heteroatoms. The van der Waals surface area contributed by atoms with E-state index >= 15 is 0 Å². The molecule has 5 nitrogen and oxygen atoms in total. The number of anilines is 1. The molecule has 2 rings (SSSR count). The third kappa shape index (κ3) is 3.79. The van der Waals surface area contributed by atoms with Crippen molar-refractivity contribution in [3.63, 3.8) is 0 Å². The normalized spacial score (nSPS) is 11.9. The minimum Gasteiger partial charge on any atom is -0.348 e. The summed E-state index contributed by atoms with van der Waals surface area (Å²) in [5.41, 5.74) is 2.78. The van der Waals surface area contributed by atoms with Gasteiger partial charge in [-0.25, -0.2) is 10.8 Å². The van der Waals surface area contributed by atoms with Gasteiger partial charge in [0.05, 0.1) is 0 Å². The van der Waals surface area contributed by atoms with Gasteiger partial charge >= 0.3 is 0 Å². The van der Waals surface area contributed by atoms with Crippen molar-refractivity contribution in [1.82, 2.24) is 10.3 Å². The summed E-state index contributed by atoms with van der Waals surface area (Å²) in [6, 6.07) is 9.35. The summed E-state index contributed by atoms with van der Waals surface area (Å²) in [4.78, 5) is 18.7. The number of pyridine rings is 1. The second-order valence-corrected chi connectivity index (χ2v) is 6.02. The zero-order valence-electron chi connectivity index (χ0n) is 11.5. The number of rotatable bonds is 5. The summed E-state index contributed by atoms with van der Waals surface area (Å²) in [5.74, 6) is 5.56. The number of nitrogens with two attached hydrogens (primary N) is 1. The largest absolute Gasteiger partial charge is 0.348 e. The molecule has 2 heterocycles. The van der Waals surface area contributed by atoms with Crippen LogP contribution in [0.5, 0.6) is 0 Å². The molecule has 1 unspecified atom stereocenters. The Morgan fingerprint density at radius 3 is 2.85 bits per heavy atom. The van der Waals surface area contributed by atoms with Crippen LogP contribution in [-0.2, 0) is 6.42 Å². The predicted molar refractivity (Wildman–Crippen MR) is 81.7 cm³/mol. The van der Waals surface area contributed by atoms with E-state index in [1.165, 1.54) is 9.75 Å². The molecule has 0 fully saturated rings. The number of nitrogen functional groups attached to an aromatic ring is 1. The lowest BCUT2D eigenvalue weighted by Crippen LogP contribution is -2.34. The summed E-state index contributed by atoms with van der Waals surface area (Å²) >= 11 is 1.75. The molecule has 0 saturated carbocycles. The monoisotopic (exact) mass is 290 g/mol. The Kier molecular flexibility index (Phi) is 4.70. The fraction of sp³-hybridized carbons (Fsp3) is 0.286. The summed E-state index contributed by atoms with van der Waals surface area (Å²) in [7, 11) is 0. The number of nitrogens with one attached hydrogen (secondary N) is 2. The Labute approximate surface area is 122 Å². The van der Waals surface area contributed by atoms with Crippen LogP contribution in [0, 0.1) is 6.92 Å². The van der Waals surface area contributed by atoms with Gasteiger partial charge in [0.25, 0.3) is 5.91 Å². The molecule has 0 aliphatic carbocycles. The lowest BCUT2D eigenvalue weighted by atomic mass is 10.2. The fourth-order valence-electron chi connectivity index (χ4n) is 1.89. The molecule has 106 valence electrons. The van der Waals surface area contributed by atoms with E-state index in [1.807, 2.05) is 6.92 Å². The van der Waals surface area contributed by atoms with Gasteiger partial charge in [-0.2, -0.15) is 0 Å². The van der Waals surface area contributed by atoms with E-state index in [4.69, 9.17) is 5.84 Å². The summed E-state index contributed by atoms with van der Waals surface area (Å²) in [6.45, 7) is 4.06. The molecule has 0 aliphatic heterocycles. The van der Waals surface area contributed by atoms with Crippen molar-refractivity contribution in [2.45, 2.75) is 26.3 Å². The second-order valence-electron chi connectivity index (χ2n) is 4.64. The van der Waals surface area contributed by atoms with Crippen LogP contribution in [0.3, 0.4) is 0 Å². The Bertz CT molecular complexity index is 596. The number of carbonyl (C=O) groups is 1. The van der Waals surface area contributed by atoms with E-state index in [0.717, 1.165) is 6.42 Å². The number of hydrazine groups is 1. The second kappa shape index (κ2) is 6.49. The van der Waals surface area contributed by atoms with Crippen molar-refractivity contribution in [3.05, 3.63) is 45.8 Å². The molecular formula is C14H18N4OS. The van der Waals surface area contributed by atoms with E-state index < -0.39 is 0 Å². The summed E-state index contributed by atoms with van der Waals surface area (Å²) < 4.78 is 0. The predicted octanol–water partition coefficient (Wildman–Crippen LogP) is 2.10. The number of thiophene rings is 1. The van der Waals surface area contributed by atoms with Gasteiger partial charge in [-0.1, -0.05) is 6.07 Å². The topological polar surface area (TPSA) is 80.0 Å². The fourth-order valence-corrected chi connectivity index (χ4v) is 2.91. The van der Waals surface area contributed by atoms with Crippen LogP contribution >= 0.6 is 11.3 Å². The first-order chi connectivity index (χ1) is 9.58. The molecule has 4 N–H and O–H groups in total. The zero-order valence-corrected chi connectivity index (χ0v) is 12.3. The number of nitrogens with zero attached hydrogens (tertiary/aromatic N) is 1. The maximum atomic E-state index is 12.1. The molecule has 2 aromatic rings. The number of carbonyl (C=O) groups excluding carboxylic acids is 1. The SMILES string of the molecule is Cc1ccc(CC(C)NC(=O)c2cccc(NN)n2)s1. The smallest absolute Gasteiger partial charge is 0.270 e. The van der Waals surface area contributed by atoms with Crippen molar-refractivity contribution in [2.75, 3.05) is 5.43 Å². The number of aryl methyl sites for hydroxylation is 1. The number of amides is 1. The van der Waals surface area contributed by atoms with Crippen LogP contribution in [0.1, 0.15) is 27.2 Å². The minimum absolute atomic E-state index is 0.0526. The van der Waals surface area contributed by atoms with Crippen molar-refractivity contribution in [3.8, 4) is 0 Å². The van der Waals surface area contributed by atoms with Crippen LogP contribution in [0.2, 0.25) is 0 Å².